The van der Waals surface area contributed by atoms with Crippen LogP contribution in [0.25, 0.3) is 0 Å². The van der Waals surface area contributed by atoms with Gasteiger partial charge in [-0.3, -0.25) is 9.59 Å². The molecular formula is C23H27N3O3. The molecule has 1 N–H and O–H groups in total. The van der Waals surface area contributed by atoms with Crippen LogP contribution in [0.1, 0.15) is 52.5 Å². The van der Waals surface area contributed by atoms with Crippen LogP contribution in [0.3, 0.4) is 0 Å². The summed E-state index contributed by atoms with van der Waals surface area (Å²) < 4.78 is 5.16. The number of ether oxygens (including phenoxy) is 1. The number of carbonyl (C=O) groups excluding carboxylic acids is 2. The van der Waals surface area contributed by atoms with Crippen molar-refractivity contribution in [2.24, 2.45) is 0 Å². The summed E-state index contributed by atoms with van der Waals surface area (Å²) in [5.41, 5.74) is 3.14. The summed E-state index contributed by atoms with van der Waals surface area (Å²) in [6.45, 7) is 4.15. The lowest BCUT2D eigenvalue weighted by Crippen LogP contribution is -2.57. The maximum absolute atomic E-state index is 12.9. The molecule has 1 saturated heterocycles. The number of fused-ring (bicyclic) bond motifs is 2. The fourth-order valence-electron chi connectivity index (χ4n) is 4.29. The van der Waals surface area contributed by atoms with Gasteiger partial charge in [0.2, 0.25) is 0 Å². The Hall–Kier alpha value is -3.02. The van der Waals surface area contributed by atoms with E-state index in [-0.39, 0.29) is 18.0 Å². The van der Waals surface area contributed by atoms with E-state index in [9.17, 15) is 9.59 Å². The van der Waals surface area contributed by atoms with Gasteiger partial charge in [-0.1, -0.05) is 12.1 Å². The van der Waals surface area contributed by atoms with Crippen LogP contribution in [0.15, 0.2) is 42.5 Å². The average molecular weight is 393 g/mol. The fraction of sp³-hybridized carbons (Fsp3) is 0.391. The van der Waals surface area contributed by atoms with Crippen LogP contribution in [0, 0.1) is 0 Å². The van der Waals surface area contributed by atoms with Gasteiger partial charge in [0.05, 0.1) is 18.4 Å². The molecule has 2 amide bonds. The Balaban J connectivity index is 1.53. The highest BCUT2D eigenvalue weighted by molar-refractivity contribution is 6.04. The van der Waals surface area contributed by atoms with Gasteiger partial charge in [-0.15, -0.1) is 0 Å². The van der Waals surface area contributed by atoms with Crippen LogP contribution in [0.4, 0.5) is 5.69 Å². The van der Waals surface area contributed by atoms with Gasteiger partial charge in [-0.05, 0) is 62.1 Å². The van der Waals surface area contributed by atoms with Crippen molar-refractivity contribution >= 4 is 17.5 Å². The molecule has 2 aliphatic rings. The smallest absolute Gasteiger partial charge is 0.257 e. The Morgan fingerprint density at radius 3 is 2.69 bits per heavy atom. The van der Waals surface area contributed by atoms with Crippen LogP contribution in [-0.2, 0) is 6.54 Å². The number of hydrogen-bond acceptors (Lipinski definition) is 4. The average Bonchev–Trinajstić information content (AvgIpc) is 2.78. The molecule has 0 spiro atoms. The van der Waals surface area contributed by atoms with Gasteiger partial charge in [0.25, 0.3) is 11.8 Å². The number of carbonyl (C=O) groups is 2. The zero-order valence-corrected chi connectivity index (χ0v) is 17.0. The van der Waals surface area contributed by atoms with Gasteiger partial charge in [0.1, 0.15) is 11.9 Å². The summed E-state index contributed by atoms with van der Waals surface area (Å²) in [5.74, 6) is 0.730. The molecule has 0 aromatic heterocycles. The number of nitrogens with zero attached hydrogens (tertiary/aromatic N) is 2. The van der Waals surface area contributed by atoms with Gasteiger partial charge < -0.3 is 19.9 Å². The molecule has 1 atom stereocenters. The van der Waals surface area contributed by atoms with E-state index in [0.717, 1.165) is 49.4 Å². The van der Waals surface area contributed by atoms with Crippen LogP contribution in [0.2, 0.25) is 0 Å². The molecule has 0 bridgehead atoms. The van der Waals surface area contributed by atoms with Crippen molar-refractivity contribution in [2.45, 2.75) is 38.9 Å². The molecule has 152 valence electrons. The van der Waals surface area contributed by atoms with Crippen molar-refractivity contribution < 1.29 is 14.3 Å². The van der Waals surface area contributed by atoms with Gasteiger partial charge in [-0.25, -0.2) is 0 Å². The molecule has 6 nitrogen and oxygen atoms in total. The molecule has 2 aliphatic heterocycles. The monoisotopic (exact) mass is 393 g/mol. The van der Waals surface area contributed by atoms with Crippen LogP contribution < -0.4 is 15.0 Å². The zero-order valence-electron chi connectivity index (χ0n) is 17.0. The Kier molecular flexibility index (Phi) is 5.43. The first-order valence-corrected chi connectivity index (χ1v) is 10.2. The van der Waals surface area contributed by atoms with Crippen molar-refractivity contribution in [3.63, 3.8) is 0 Å². The molecule has 0 radical (unpaired) electrons. The van der Waals surface area contributed by atoms with Crippen molar-refractivity contribution in [1.82, 2.24) is 10.2 Å². The summed E-state index contributed by atoms with van der Waals surface area (Å²) in [7, 11) is 1.63. The molecule has 0 aliphatic carbocycles. The van der Waals surface area contributed by atoms with E-state index < -0.39 is 0 Å². The number of anilines is 1. The standard InChI is InChI=1S/C23H27N3O3/c1-3-25-20-14-17(22(27)24-15-16-7-10-18(29-2)11-8-16)9-12-19(20)23(28)26-13-5-4-6-21(25)26/h7-12,14,21H,3-6,13,15H2,1-2H3,(H,24,27)/t21-/m0/s1. The highest BCUT2D eigenvalue weighted by atomic mass is 16.5. The first-order valence-electron chi connectivity index (χ1n) is 10.2. The van der Waals surface area contributed by atoms with Gasteiger partial charge >= 0.3 is 0 Å². The predicted octanol–water partition coefficient (Wildman–Crippen LogP) is 3.42. The third-order valence-corrected chi connectivity index (χ3v) is 5.84. The SMILES string of the molecule is CCN1c2cc(C(=O)NCc3ccc(OC)cc3)ccc2C(=O)N2CCCC[C@H]21. The Morgan fingerprint density at radius 1 is 1.17 bits per heavy atom. The highest BCUT2D eigenvalue weighted by Gasteiger charge is 2.38. The first kappa shape index (κ1) is 19.3. The minimum Gasteiger partial charge on any atom is -0.497 e. The lowest BCUT2D eigenvalue weighted by molar-refractivity contribution is 0.0582. The summed E-state index contributed by atoms with van der Waals surface area (Å²) in [4.78, 5) is 29.9. The molecular weight excluding hydrogens is 366 g/mol. The Labute approximate surface area is 171 Å². The zero-order chi connectivity index (χ0) is 20.4. The number of rotatable bonds is 5. The normalized spacial score (nSPS) is 18.1. The summed E-state index contributed by atoms with van der Waals surface area (Å²) in [5, 5.41) is 2.97. The lowest BCUT2D eigenvalue weighted by Gasteiger charge is -2.47. The molecule has 0 unspecified atom stereocenters. The topological polar surface area (TPSA) is 61.9 Å². The summed E-state index contributed by atoms with van der Waals surface area (Å²) in [6, 6.07) is 13.0. The predicted molar refractivity (Wildman–Crippen MR) is 112 cm³/mol. The van der Waals surface area contributed by atoms with E-state index in [1.807, 2.05) is 35.2 Å². The molecule has 6 heteroatoms. The first-order chi connectivity index (χ1) is 14.1. The van der Waals surface area contributed by atoms with E-state index in [1.54, 1.807) is 19.2 Å². The third kappa shape index (κ3) is 3.67. The summed E-state index contributed by atoms with van der Waals surface area (Å²) in [6.07, 6.45) is 3.27. The number of hydrogen-bond donors (Lipinski definition) is 1. The second-order valence-electron chi connectivity index (χ2n) is 7.52. The van der Waals surface area contributed by atoms with Crippen molar-refractivity contribution in [1.29, 1.82) is 0 Å². The number of methoxy groups -OCH3 is 1. The van der Waals surface area contributed by atoms with E-state index in [2.05, 4.69) is 17.1 Å². The minimum atomic E-state index is -0.141. The van der Waals surface area contributed by atoms with Crippen molar-refractivity contribution in [2.75, 3.05) is 25.1 Å². The van der Waals surface area contributed by atoms with E-state index in [4.69, 9.17) is 4.74 Å². The van der Waals surface area contributed by atoms with Gasteiger partial charge in [-0.2, -0.15) is 0 Å². The Bertz CT molecular complexity index is 910. The second-order valence-corrected chi connectivity index (χ2v) is 7.52. The third-order valence-electron chi connectivity index (χ3n) is 5.84. The van der Waals surface area contributed by atoms with Crippen LogP contribution in [0.5, 0.6) is 5.75 Å². The van der Waals surface area contributed by atoms with Crippen molar-refractivity contribution in [3.8, 4) is 5.75 Å². The molecule has 29 heavy (non-hydrogen) atoms. The number of piperidine rings is 1. The number of nitrogens with one attached hydrogen (secondary N) is 1. The fourth-order valence-corrected chi connectivity index (χ4v) is 4.29. The highest BCUT2D eigenvalue weighted by Crippen LogP contribution is 2.35. The maximum Gasteiger partial charge on any atom is 0.257 e. The minimum absolute atomic E-state index is 0.0830. The largest absolute Gasteiger partial charge is 0.497 e. The number of amides is 2. The molecule has 2 aromatic carbocycles. The van der Waals surface area contributed by atoms with E-state index in [1.165, 1.54) is 0 Å². The second kappa shape index (κ2) is 8.15. The molecule has 1 fully saturated rings. The van der Waals surface area contributed by atoms with Crippen LogP contribution >= 0.6 is 0 Å². The van der Waals surface area contributed by atoms with Crippen molar-refractivity contribution in [3.05, 3.63) is 59.2 Å². The van der Waals surface area contributed by atoms with Crippen LogP contribution in [-0.4, -0.2) is 43.1 Å². The molecule has 2 aromatic rings. The van der Waals surface area contributed by atoms with E-state index >= 15 is 0 Å². The van der Waals surface area contributed by atoms with Gasteiger partial charge in [0, 0.05) is 25.2 Å². The molecule has 4 rings (SSSR count). The Morgan fingerprint density at radius 2 is 1.97 bits per heavy atom. The molecule has 2 heterocycles. The quantitative estimate of drug-likeness (QED) is 0.846. The van der Waals surface area contributed by atoms with Gasteiger partial charge in [0.15, 0.2) is 0 Å². The maximum atomic E-state index is 12.9. The number of benzene rings is 2. The van der Waals surface area contributed by atoms with E-state index in [0.29, 0.717) is 17.7 Å². The molecule has 0 saturated carbocycles. The lowest BCUT2D eigenvalue weighted by atomic mass is 9.97. The summed E-state index contributed by atoms with van der Waals surface area (Å²) >= 11 is 0.